The fraction of sp³-hybridized carbons (Fsp3) is 0.364. The third kappa shape index (κ3) is 3.85. The molecule has 0 spiro atoms. The summed E-state index contributed by atoms with van der Waals surface area (Å²) in [4.78, 5) is 21.2. The lowest BCUT2D eigenvalue weighted by Gasteiger charge is -2.38. The van der Waals surface area contributed by atoms with E-state index in [1.54, 1.807) is 24.7 Å². The molecular formula is C22H26N6O2. The zero-order valence-electron chi connectivity index (χ0n) is 17.2. The fourth-order valence-corrected chi connectivity index (χ4v) is 3.88. The maximum atomic E-state index is 13.5. The lowest BCUT2D eigenvalue weighted by Crippen LogP contribution is -2.49. The number of nitrogen functional groups attached to an aromatic ring is 1. The summed E-state index contributed by atoms with van der Waals surface area (Å²) in [6, 6.07) is 9.28. The maximum Gasteiger partial charge on any atom is 0.256 e. The first-order chi connectivity index (χ1) is 14.6. The number of piperidine rings is 1. The molecular weight excluding hydrogens is 380 g/mol. The van der Waals surface area contributed by atoms with Crippen LogP contribution in [0.15, 0.2) is 48.9 Å². The van der Waals surface area contributed by atoms with Gasteiger partial charge in [-0.25, -0.2) is 4.98 Å². The van der Waals surface area contributed by atoms with Crippen LogP contribution in [0.3, 0.4) is 0 Å². The van der Waals surface area contributed by atoms with Gasteiger partial charge >= 0.3 is 0 Å². The number of carbonyl (C=O) groups is 1. The highest BCUT2D eigenvalue weighted by Gasteiger charge is 2.32. The first kappa shape index (κ1) is 19.9. The second-order valence-electron chi connectivity index (χ2n) is 7.50. The molecule has 156 valence electrons. The molecule has 1 fully saturated rings. The Morgan fingerprint density at radius 1 is 1.17 bits per heavy atom. The largest absolute Gasteiger partial charge is 0.472 e. The van der Waals surface area contributed by atoms with Gasteiger partial charge < -0.3 is 15.4 Å². The van der Waals surface area contributed by atoms with E-state index in [-0.39, 0.29) is 18.1 Å². The Hall–Kier alpha value is -3.42. The van der Waals surface area contributed by atoms with Gasteiger partial charge in [0.05, 0.1) is 30.2 Å². The molecule has 2 N–H and O–H groups in total. The van der Waals surface area contributed by atoms with Crippen LogP contribution in [0.2, 0.25) is 0 Å². The molecule has 0 bridgehead atoms. The van der Waals surface area contributed by atoms with E-state index >= 15 is 0 Å². The first-order valence-corrected chi connectivity index (χ1v) is 10.2. The second-order valence-corrected chi connectivity index (χ2v) is 7.50. The summed E-state index contributed by atoms with van der Waals surface area (Å²) in [6.07, 6.45) is 7.16. The van der Waals surface area contributed by atoms with Crippen molar-refractivity contribution in [2.24, 2.45) is 0 Å². The zero-order valence-corrected chi connectivity index (χ0v) is 17.2. The maximum absolute atomic E-state index is 13.5. The van der Waals surface area contributed by atoms with Crippen LogP contribution in [0.4, 0.5) is 5.69 Å². The number of rotatable bonds is 5. The van der Waals surface area contributed by atoms with Crippen molar-refractivity contribution in [3.63, 3.8) is 0 Å². The van der Waals surface area contributed by atoms with E-state index in [4.69, 9.17) is 10.5 Å². The summed E-state index contributed by atoms with van der Waals surface area (Å²) >= 11 is 0. The molecule has 2 atom stereocenters. The monoisotopic (exact) mass is 406 g/mol. The van der Waals surface area contributed by atoms with Crippen LogP contribution >= 0.6 is 0 Å². The number of nitrogens with two attached hydrogens (primary N) is 1. The van der Waals surface area contributed by atoms with Crippen LogP contribution in [-0.2, 0) is 6.42 Å². The number of hydrogen-bond donors (Lipinski definition) is 1. The highest BCUT2D eigenvalue weighted by molar-refractivity contribution is 5.98. The number of pyridine rings is 1. The van der Waals surface area contributed by atoms with Crippen LogP contribution < -0.4 is 10.5 Å². The number of para-hydroxylation sites is 1. The fourth-order valence-electron chi connectivity index (χ4n) is 3.88. The van der Waals surface area contributed by atoms with E-state index in [0.29, 0.717) is 29.4 Å². The smallest absolute Gasteiger partial charge is 0.256 e. The van der Waals surface area contributed by atoms with Crippen molar-refractivity contribution in [1.82, 2.24) is 24.9 Å². The number of amides is 1. The Kier molecular flexibility index (Phi) is 5.65. The van der Waals surface area contributed by atoms with E-state index < -0.39 is 0 Å². The minimum absolute atomic E-state index is 0.0556. The third-order valence-corrected chi connectivity index (χ3v) is 5.55. The Bertz CT molecular complexity index is 1020. The van der Waals surface area contributed by atoms with Gasteiger partial charge in [0.1, 0.15) is 6.10 Å². The number of hydrogen-bond acceptors (Lipinski definition) is 6. The van der Waals surface area contributed by atoms with Crippen molar-refractivity contribution < 1.29 is 9.53 Å². The van der Waals surface area contributed by atoms with Gasteiger partial charge in [0.25, 0.3) is 5.91 Å². The van der Waals surface area contributed by atoms with Gasteiger partial charge in [-0.2, -0.15) is 15.0 Å². The SMILES string of the molecule is CCc1c(N)ccnc1OC1CCC(C)N(C(=O)c2ccccc2-n2nccn2)C1. The number of aromatic nitrogens is 4. The number of anilines is 1. The number of carbonyl (C=O) groups excluding carboxylic acids is 1. The average Bonchev–Trinajstić information content (AvgIpc) is 3.30. The predicted molar refractivity (Wildman–Crippen MR) is 114 cm³/mol. The van der Waals surface area contributed by atoms with Gasteiger partial charge in [-0.1, -0.05) is 19.1 Å². The van der Waals surface area contributed by atoms with E-state index in [1.165, 1.54) is 4.80 Å². The molecule has 1 aliphatic rings. The van der Waals surface area contributed by atoms with Crippen molar-refractivity contribution in [2.75, 3.05) is 12.3 Å². The van der Waals surface area contributed by atoms with Crippen LogP contribution in [0.1, 0.15) is 42.6 Å². The molecule has 2 unspecified atom stereocenters. The molecule has 8 nitrogen and oxygen atoms in total. The van der Waals surface area contributed by atoms with Crippen molar-refractivity contribution in [3.8, 4) is 11.6 Å². The number of ether oxygens (including phenoxy) is 1. The van der Waals surface area contributed by atoms with E-state index in [1.807, 2.05) is 36.1 Å². The number of likely N-dealkylation sites (tertiary alicyclic amines) is 1. The summed E-state index contributed by atoms with van der Waals surface area (Å²) < 4.78 is 6.21. The summed E-state index contributed by atoms with van der Waals surface area (Å²) in [7, 11) is 0. The lowest BCUT2D eigenvalue weighted by molar-refractivity contribution is 0.0370. The molecule has 1 aromatic carbocycles. The van der Waals surface area contributed by atoms with Gasteiger partial charge in [-0.05, 0) is 44.4 Å². The molecule has 4 rings (SSSR count). The molecule has 1 saturated heterocycles. The average molecular weight is 406 g/mol. The van der Waals surface area contributed by atoms with E-state index in [2.05, 4.69) is 22.1 Å². The Balaban J connectivity index is 1.57. The Labute approximate surface area is 175 Å². The molecule has 1 aliphatic heterocycles. The zero-order chi connectivity index (χ0) is 21.1. The summed E-state index contributed by atoms with van der Waals surface area (Å²) in [5.41, 5.74) is 8.89. The summed E-state index contributed by atoms with van der Waals surface area (Å²) in [5, 5.41) is 8.36. The normalized spacial score (nSPS) is 18.9. The topological polar surface area (TPSA) is 99.2 Å². The van der Waals surface area contributed by atoms with Crippen LogP contribution in [0, 0.1) is 0 Å². The Morgan fingerprint density at radius 3 is 2.70 bits per heavy atom. The van der Waals surface area contributed by atoms with Crippen LogP contribution in [-0.4, -0.2) is 49.5 Å². The molecule has 8 heteroatoms. The second kappa shape index (κ2) is 8.52. The highest BCUT2D eigenvalue weighted by atomic mass is 16.5. The molecule has 2 aromatic heterocycles. The molecule has 3 heterocycles. The Morgan fingerprint density at radius 2 is 1.93 bits per heavy atom. The van der Waals surface area contributed by atoms with Crippen molar-refractivity contribution >= 4 is 11.6 Å². The van der Waals surface area contributed by atoms with Crippen LogP contribution in [0.25, 0.3) is 5.69 Å². The minimum atomic E-state index is -0.139. The number of nitrogens with zero attached hydrogens (tertiary/aromatic N) is 5. The molecule has 1 amide bonds. The molecule has 0 aliphatic carbocycles. The van der Waals surface area contributed by atoms with Crippen molar-refractivity contribution in [3.05, 3.63) is 60.0 Å². The van der Waals surface area contributed by atoms with Gasteiger partial charge in [-0.3, -0.25) is 4.79 Å². The minimum Gasteiger partial charge on any atom is -0.472 e. The molecule has 0 radical (unpaired) electrons. The molecule has 30 heavy (non-hydrogen) atoms. The van der Waals surface area contributed by atoms with Gasteiger partial charge in [0.2, 0.25) is 5.88 Å². The number of benzene rings is 1. The first-order valence-electron chi connectivity index (χ1n) is 10.2. The molecule has 3 aromatic rings. The van der Waals surface area contributed by atoms with Gasteiger partial charge in [0.15, 0.2) is 0 Å². The standard InChI is InChI=1S/C22H26N6O2/c1-3-17-19(23)10-11-24-21(17)30-16-9-8-15(2)27(14-16)22(29)18-6-4-5-7-20(18)28-25-12-13-26-28/h4-7,10-13,15-16H,3,8-9,14H2,1-2H3,(H2,23,24). The van der Waals surface area contributed by atoms with Gasteiger partial charge in [0, 0.05) is 23.5 Å². The summed E-state index contributed by atoms with van der Waals surface area (Å²) in [5.74, 6) is 0.505. The van der Waals surface area contributed by atoms with E-state index in [0.717, 1.165) is 24.8 Å². The van der Waals surface area contributed by atoms with Crippen molar-refractivity contribution in [1.29, 1.82) is 0 Å². The van der Waals surface area contributed by atoms with Crippen molar-refractivity contribution in [2.45, 2.75) is 45.3 Å². The van der Waals surface area contributed by atoms with Gasteiger partial charge in [-0.15, -0.1) is 0 Å². The van der Waals surface area contributed by atoms with E-state index in [9.17, 15) is 4.79 Å². The van der Waals surface area contributed by atoms with Crippen LogP contribution in [0.5, 0.6) is 5.88 Å². The highest BCUT2D eigenvalue weighted by Crippen LogP contribution is 2.28. The third-order valence-electron chi connectivity index (χ3n) is 5.55. The predicted octanol–water partition coefficient (Wildman–Crippen LogP) is 2.88. The summed E-state index contributed by atoms with van der Waals surface area (Å²) in [6.45, 7) is 4.58. The molecule has 0 saturated carbocycles. The lowest BCUT2D eigenvalue weighted by atomic mass is 9.99. The quantitative estimate of drug-likeness (QED) is 0.699.